The van der Waals surface area contributed by atoms with Crippen LogP contribution in [-0.2, 0) is 16.6 Å². The maximum Gasteiger partial charge on any atom is 0.253 e. The lowest BCUT2D eigenvalue weighted by molar-refractivity contribution is 0.0827. The molecule has 0 spiro atoms. The largest absolute Gasteiger partial charge is 0.355 e. The molecule has 0 radical (unpaired) electrons. The number of benzene rings is 1. The predicted molar refractivity (Wildman–Crippen MR) is 105 cm³/mol. The standard InChI is InChI=1S/C17H29N5O3S/c1-17(2,21-26(6,24)25)12-20-16(18-3)19-11-13-7-9-14(10-8-13)15(23)22(4)5/h7-10,21H,11-12H2,1-6H3,(H2,18,19,20). The van der Waals surface area contributed by atoms with Crippen molar-refractivity contribution >= 4 is 21.9 Å². The van der Waals surface area contributed by atoms with Crippen molar-refractivity contribution in [2.75, 3.05) is 33.9 Å². The topological polar surface area (TPSA) is 103 Å². The van der Waals surface area contributed by atoms with Crippen molar-refractivity contribution in [2.45, 2.75) is 25.9 Å². The minimum Gasteiger partial charge on any atom is -0.355 e. The van der Waals surface area contributed by atoms with Gasteiger partial charge >= 0.3 is 0 Å². The van der Waals surface area contributed by atoms with Gasteiger partial charge in [-0.15, -0.1) is 0 Å². The van der Waals surface area contributed by atoms with Gasteiger partial charge < -0.3 is 15.5 Å². The molecule has 3 N–H and O–H groups in total. The number of aliphatic imine (C=N–C) groups is 1. The maximum atomic E-state index is 11.9. The first-order valence-corrected chi connectivity index (χ1v) is 10.1. The highest BCUT2D eigenvalue weighted by Crippen LogP contribution is 2.06. The Morgan fingerprint density at radius 2 is 1.73 bits per heavy atom. The first-order chi connectivity index (χ1) is 11.9. The van der Waals surface area contributed by atoms with E-state index in [1.807, 2.05) is 12.1 Å². The van der Waals surface area contributed by atoms with E-state index in [-0.39, 0.29) is 5.91 Å². The van der Waals surface area contributed by atoms with Crippen molar-refractivity contribution in [1.29, 1.82) is 0 Å². The molecular weight excluding hydrogens is 354 g/mol. The van der Waals surface area contributed by atoms with Gasteiger partial charge in [-0.25, -0.2) is 13.1 Å². The molecule has 0 saturated heterocycles. The van der Waals surface area contributed by atoms with Crippen LogP contribution >= 0.6 is 0 Å². The van der Waals surface area contributed by atoms with E-state index in [1.165, 1.54) is 4.90 Å². The Bertz CT molecular complexity index is 740. The minimum absolute atomic E-state index is 0.0393. The van der Waals surface area contributed by atoms with E-state index in [0.29, 0.717) is 24.6 Å². The van der Waals surface area contributed by atoms with Gasteiger partial charge in [0.15, 0.2) is 5.96 Å². The molecule has 0 aliphatic rings. The van der Waals surface area contributed by atoms with E-state index in [0.717, 1.165) is 11.8 Å². The molecule has 9 heteroatoms. The molecule has 0 aromatic heterocycles. The zero-order valence-corrected chi connectivity index (χ0v) is 17.1. The molecule has 0 heterocycles. The molecule has 26 heavy (non-hydrogen) atoms. The van der Waals surface area contributed by atoms with E-state index in [4.69, 9.17) is 0 Å². The maximum absolute atomic E-state index is 11.9. The highest BCUT2D eigenvalue weighted by atomic mass is 32.2. The van der Waals surface area contributed by atoms with Crippen LogP contribution in [0.2, 0.25) is 0 Å². The van der Waals surface area contributed by atoms with Gasteiger partial charge in [-0.3, -0.25) is 9.79 Å². The third-order valence-corrected chi connectivity index (χ3v) is 4.37. The Morgan fingerprint density at radius 3 is 2.19 bits per heavy atom. The summed E-state index contributed by atoms with van der Waals surface area (Å²) in [6, 6.07) is 7.33. The monoisotopic (exact) mass is 383 g/mol. The summed E-state index contributed by atoms with van der Waals surface area (Å²) >= 11 is 0. The first-order valence-electron chi connectivity index (χ1n) is 8.17. The summed E-state index contributed by atoms with van der Waals surface area (Å²) in [5, 5.41) is 6.26. The molecule has 146 valence electrons. The first kappa shape index (κ1) is 21.9. The van der Waals surface area contributed by atoms with Gasteiger partial charge in [-0.05, 0) is 31.5 Å². The summed E-state index contributed by atoms with van der Waals surface area (Å²) in [7, 11) is 1.79. The summed E-state index contributed by atoms with van der Waals surface area (Å²) < 4.78 is 25.3. The average molecular weight is 384 g/mol. The number of guanidine groups is 1. The van der Waals surface area contributed by atoms with Crippen LogP contribution in [0, 0.1) is 0 Å². The van der Waals surface area contributed by atoms with Crippen LogP contribution in [0.4, 0.5) is 0 Å². The van der Waals surface area contributed by atoms with E-state index >= 15 is 0 Å². The molecule has 8 nitrogen and oxygen atoms in total. The van der Waals surface area contributed by atoms with Crippen LogP contribution in [0.3, 0.4) is 0 Å². The van der Waals surface area contributed by atoms with Crippen LogP contribution < -0.4 is 15.4 Å². The fraction of sp³-hybridized carbons (Fsp3) is 0.529. The normalized spacial score (nSPS) is 12.6. The number of nitrogens with zero attached hydrogens (tertiary/aromatic N) is 2. The summed E-state index contributed by atoms with van der Waals surface area (Å²) in [5.41, 5.74) is 0.978. The van der Waals surface area contributed by atoms with Crippen molar-refractivity contribution in [2.24, 2.45) is 4.99 Å². The highest BCUT2D eigenvalue weighted by Gasteiger charge is 2.22. The average Bonchev–Trinajstić information content (AvgIpc) is 2.52. The second kappa shape index (κ2) is 9.00. The van der Waals surface area contributed by atoms with Crippen LogP contribution in [0.5, 0.6) is 0 Å². The molecule has 0 atom stereocenters. The van der Waals surface area contributed by atoms with Crippen LogP contribution in [0.25, 0.3) is 0 Å². The molecule has 0 fully saturated rings. The third-order valence-electron chi connectivity index (χ3n) is 3.45. The molecule has 1 rings (SSSR count). The molecule has 1 aromatic carbocycles. The fourth-order valence-corrected chi connectivity index (χ4v) is 3.35. The van der Waals surface area contributed by atoms with Gasteiger partial charge in [0, 0.05) is 45.3 Å². The van der Waals surface area contributed by atoms with Crippen LogP contribution in [0.15, 0.2) is 29.3 Å². The van der Waals surface area contributed by atoms with Crippen LogP contribution in [-0.4, -0.2) is 64.7 Å². The Labute approximate surface area is 156 Å². The number of hydrogen-bond acceptors (Lipinski definition) is 4. The van der Waals surface area contributed by atoms with Gasteiger partial charge in [0.25, 0.3) is 5.91 Å². The Kier molecular flexibility index (Phi) is 7.58. The van der Waals surface area contributed by atoms with Gasteiger partial charge in [-0.2, -0.15) is 0 Å². The molecule has 1 aromatic rings. The molecule has 0 saturated carbocycles. The number of carbonyl (C=O) groups excluding carboxylic acids is 1. The number of rotatable bonds is 7. The minimum atomic E-state index is -3.29. The highest BCUT2D eigenvalue weighted by molar-refractivity contribution is 7.88. The van der Waals surface area contributed by atoms with E-state index in [2.05, 4.69) is 20.3 Å². The number of nitrogens with one attached hydrogen (secondary N) is 3. The van der Waals surface area contributed by atoms with Crippen molar-refractivity contribution in [1.82, 2.24) is 20.3 Å². The lowest BCUT2D eigenvalue weighted by Crippen LogP contribution is -2.52. The molecule has 0 aliphatic carbocycles. The molecule has 0 unspecified atom stereocenters. The number of amides is 1. The van der Waals surface area contributed by atoms with Gasteiger partial charge in [0.1, 0.15) is 0 Å². The summed E-state index contributed by atoms with van der Waals surface area (Å²) in [5.74, 6) is 0.518. The van der Waals surface area contributed by atoms with Crippen molar-refractivity contribution in [3.8, 4) is 0 Å². The van der Waals surface area contributed by atoms with Gasteiger partial charge in [0.05, 0.1) is 6.26 Å². The van der Waals surface area contributed by atoms with E-state index < -0.39 is 15.6 Å². The lowest BCUT2D eigenvalue weighted by atomic mass is 10.1. The van der Waals surface area contributed by atoms with Crippen LogP contribution in [0.1, 0.15) is 29.8 Å². The quantitative estimate of drug-likeness (QED) is 0.467. The van der Waals surface area contributed by atoms with Crippen molar-refractivity contribution in [3.05, 3.63) is 35.4 Å². The fourth-order valence-electron chi connectivity index (χ4n) is 2.27. The molecule has 0 bridgehead atoms. The second-order valence-corrected chi connectivity index (χ2v) is 8.68. The van der Waals surface area contributed by atoms with E-state index in [9.17, 15) is 13.2 Å². The number of hydrogen-bond donors (Lipinski definition) is 3. The summed E-state index contributed by atoms with van der Waals surface area (Å²) in [4.78, 5) is 17.5. The summed E-state index contributed by atoms with van der Waals surface area (Å²) in [6.07, 6.45) is 1.13. The lowest BCUT2D eigenvalue weighted by Gasteiger charge is -2.26. The Morgan fingerprint density at radius 1 is 1.15 bits per heavy atom. The van der Waals surface area contributed by atoms with Crippen molar-refractivity contribution in [3.63, 3.8) is 0 Å². The number of sulfonamides is 1. The molecular formula is C17H29N5O3S. The predicted octanol–water partition coefficient (Wildman–Crippen LogP) is 0.381. The molecule has 0 aliphatic heterocycles. The molecule has 1 amide bonds. The zero-order valence-electron chi connectivity index (χ0n) is 16.3. The smallest absolute Gasteiger partial charge is 0.253 e. The Hall–Kier alpha value is -2.13. The Balaban J connectivity index is 2.58. The number of carbonyl (C=O) groups is 1. The summed E-state index contributed by atoms with van der Waals surface area (Å²) in [6.45, 7) is 4.47. The zero-order chi connectivity index (χ0) is 20.0. The van der Waals surface area contributed by atoms with Crippen molar-refractivity contribution < 1.29 is 13.2 Å². The SMILES string of the molecule is CN=C(NCc1ccc(C(=O)N(C)C)cc1)NCC(C)(C)NS(C)(=O)=O. The van der Waals surface area contributed by atoms with E-state index in [1.54, 1.807) is 47.1 Å². The second-order valence-electron chi connectivity index (χ2n) is 6.93. The van der Waals surface area contributed by atoms with Gasteiger partial charge in [-0.1, -0.05) is 12.1 Å². The third kappa shape index (κ3) is 7.83. The van der Waals surface area contributed by atoms with Gasteiger partial charge in [0.2, 0.25) is 10.0 Å².